The zero-order chi connectivity index (χ0) is 24.4. The van der Waals surface area contributed by atoms with Gasteiger partial charge in [-0.1, -0.05) is 0 Å². The molecule has 1 aliphatic rings. The average Bonchev–Trinajstić information content (AvgIpc) is 3.40. The molecule has 1 aliphatic carbocycles. The van der Waals surface area contributed by atoms with Crippen LogP contribution in [-0.2, 0) is 5.41 Å². The number of hydrogen-bond donors (Lipinski definition) is 1. The van der Waals surface area contributed by atoms with E-state index in [9.17, 15) is 4.79 Å². The van der Waals surface area contributed by atoms with E-state index < -0.39 is 5.97 Å². The van der Waals surface area contributed by atoms with Crippen molar-refractivity contribution in [1.29, 1.82) is 0 Å². The third-order valence-electron chi connectivity index (χ3n) is 6.32. The zero-order valence-electron chi connectivity index (χ0n) is 19.5. The van der Waals surface area contributed by atoms with Crippen LogP contribution in [-0.4, -0.2) is 26.0 Å². The van der Waals surface area contributed by atoms with Crippen molar-refractivity contribution in [2.75, 3.05) is 0 Å². The Labute approximate surface area is 216 Å². The number of carboxylic acids is 1. The second kappa shape index (κ2) is 9.72. The van der Waals surface area contributed by atoms with Crippen LogP contribution in [0.5, 0.6) is 0 Å². The van der Waals surface area contributed by atoms with Gasteiger partial charge in [-0.15, -0.1) is 0 Å². The average molecular weight is 540 g/mol. The fourth-order valence-electron chi connectivity index (χ4n) is 4.33. The Morgan fingerprint density at radius 2 is 1.71 bits per heavy atom. The molecule has 2 nitrogen and oxygen atoms in total. The van der Waals surface area contributed by atoms with Gasteiger partial charge < -0.3 is 0 Å². The molecule has 0 aliphatic heterocycles. The summed E-state index contributed by atoms with van der Waals surface area (Å²) in [7, 11) is 0. The molecule has 0 amide bonds. The Bertz CT molecular complexity index is 1470. The summed E-state index contributed by atoms with van der Waals surface area (Å²) in [6, 6.07) is 26.7. The van der Waals surface area contributed by atoms with Gasteiger partial charge in [-0.3, -0.25) is 0 Å². The molecule has 1 heterocycles. The molecule has 4 aromatic rings. The summed E-state index contributed by atoms with van der Waals surface area (Å²) < 4.78 is 1.26. The zero-order valence-corrected chi connectivity index (χ0v) is 22.1. The maximum absolute atomic E-state index is 11.0. The van der Waals surface area contributed by atoms with Crippen molar-refractivity contribution in [3.8, 4) is 21.2 Å². The molecule has 1 N–H and O–H groups in total. The summed E-state index contributed by atoms with van der Waals surface area (Å²) in [5.41, 5.74) is 7.70. The van der Waals surface area contributed by atoms with Crippen LogP contribution in [0.25, 0.3) is 16.0 Å². The van der Waals surface area contributed by atoms with E-state index in [-0.39, 0.29) is 25.9 Å². The Kier molecular flexibility index (Phi) is 6.50. The molecule has 0 saturated heterocycles. The van der Waals surface area contributed by atoms with Crippen molar-refractivity contribution in [3.05, 3.63) is 118 Å². The second-order valence-electron chi connectivity index (χ2n) is 9.18. The molecular weight excluding hydrogens is 515 g/mol. The second-order valence-corrected chi connectivity index (χ2v) is 12.0. The molecule has 0 bridgehead atoms. The Hall–Kier alpha value is -3.35. The van der Waals surface area contributed by atoms with E-state index in [0.29, 0.717) is 0 Å². The number of rotatable bonds is 4. The molecule has 0 saturated carbocycles. The third-order valence-corrected chi connectivity index (χ3v) is 8.70. The van der Waals surface area contributed by atoms with Crippen LogP contribution in [0, 0.1) is 10.7 Å². The van der Waals surface area contributed by atoms with E-state index >= 15 is 0 Å². The van der Waals surface area contributed by atoms with E-state index in [4.69, 9.17) is 5.11 Å². The SMILES string of the molecule is CC1(C)CC=C(c2ccc(-c3cccs3)cc2)c2ccc([Se]C#Cc3ccc(C(=O)O)cc3)cc21. The van der Waals surface area contributed by atoms with Gasteiger partial charge in [-0.2, -0.15) is 0 Å². The van der Waals surface area contributed by atoms with Crippen LogP contribution < -0.4 is 4.46 Å². The minimum absolute atomic E-state index is 0.0141. The van der Waals surface area contributed by atoms with Crippen molar-refractivity contribution in [2.24, 2.45) is 0 Å². The van der Waals surface area contributed by atoms with E-state index in [0.717, 1.165) is 12.0 Å². The molecule has 3 aromatic carbocycles. The molecule has 35 heavy (non-hydrogen) atoms. The first kappa shape index (κ1) is 23.4. The number of aromatic carboxylic acids is 1. The number of benzene rings is 3. The molecule has 0 atom stereocenters. The maximum atomic E-state index is 11.0. The number of carboxylic acid groups (broad SMARTS) is 1. The standard InChI is InChI=1S/C31H24O2SSe/c1-31(2)17-15-26(22-9-11-23(12-10-22)29-4-3-18-34-29)27-14-13-25(20-28(27)31)35-19-16-21-5-7-24(8-6-21)30(32)33/h3-15,18,20H,17H2,1-2H3,(H,32,33). The van der Waals surface area contributed by atoms with Crippen molar-refractivity contribution < 1.29 is 9.90 Å². The van der Waals surface area contributed by atoms with Crippen molar-refractivity contribution in [1.82, 2.24) is 0 Å². The summed E-state index contributed by atoms with van der Waals surface area (Å²) in [4.78, 5) is 15.6. The number of carbonyl (C=O) groups is 1. The first-order valence-corrected chi connectivity index (χ1v) is 14.0. The van der Waals surface area contributed by atoms with E-state index in [1.807, 2.05) is 0 Å². The predicted octanol–water partition coefficient (Wildman–Crippen LogP) is 6.57. The summed E-state index contributed by atoms with van der Waals surface area (Å²) in [6.07, 6.45) is 3.38. The number of hydrogen-bond acceptors (Lipinski definition) is 2. The van der Waals surface area contributed by atoms with Crippen LogP contribution in [0.2, 0.25) is 0 Å². The van der Waals surface area contributed by atoms with Gasteiger partial charge in [0.2, 0.25) is 0 Å². The van der Waals surface area contributed by atoms with Crippen LogP contribution in [0.15, 0.2) is 90.3 Å². The van der Waals surface area contributed by atoms with Gasteiger partial charge in [0.1, 0.15) is 0 Å². The van der Waals surface area contributed by atoms with Crippen LogP contribution in [0.1, 0.15) is 52.9 Å². The van der Waals surface area contributed by atoms with Crippen molar-refractivity contribution in [2.45, 2.75) is 25.7 Å². The molecular formula is C31H24O2SSe. The van der Waals surface area contributed by atoms with Gasteiger partial charge in [-0.25, -0.2) is 0 Å². The van der Waals surface area contributed by atoms with E-state index in [1.54, 1.807) is 35.6 Å². The Morgan fingerprint density at radius 1 is 0.971 bits per heavy atom. The molecule has 4 heteroatoms. The van der Waals surface area contributed by atoms with E-state index in [1.165, 1.54) is 37.2 Å². The van der Waals surface area contributed by atoms with Gasteiger partial charge in [0.05, 0.1) is 0 Å². The number of fused-ring (bicyclic) bond motifs is 1. The van der Waals surface area contributed by atoms with Crippen LogP contribution in [0.3, 0.4) is 0 Å². The third kappa shape index (κ3) is 5.04. The van der Waals surface area contributed by atoms with E-state index in [2.05, 4.69) is 90.6 Å². The number of thiophene rings is 1. The molecule has 5 rings (SSSR count). The Morgan fingerprint density at radius 3 is 2.40 bits per heavy atom. The summed E-state index contributed by atoms with van der Waals surface area (Å²) in [5.74, 6) is 2.27. The fourth-order valence-corrected chi connectivity index (χ4v) is 6.32. The van der Waals surface area contributed by atoms with Crippen molar-refractivity contribution in [3.63, 3.8) is 0 Å². The Balaban J connectivity index is 1.39. The molecule has 1 aromatic heterocycles. The van der Waals surface area contributed by atoms with Crippen LogP contribution >= 0.6 is 11.3 Å². The molecule has 0 unspecified atom stereocenters. The van der Waals surface area contributed by atoms with Gasteiger partial charge in [0.25, 0.3) is 0 Å². The van der Waals surface area contributed by atoms with Gasteiger partial charge in [0.15, 0.2) is 0 Å². The summed E-state index contributed by atoms with van der Waals surface area (Å²) >= 11 is 1.78. The molecule has 0 radical (unpaired) electrons. The molecule has 172 valence electrons. The normalized spacial score (nSPS) is 13.8. The van der Waals surface area contributed by atoms with Crippen LogP contribution in [0.4, 0.5) is 0 Å². The predicted molar refractivity (Wildman–Crippen MR) is 147 cm³/mol. The summed E-state index contributed by atoms with van der Waals surface area (Å²) in [5, 5.41) is 11.2. The molecule has 0 spiro atoms. The monoisotopic (exact) mass is 540 g/mol. The summed E-state index contributed by atoms with van der Waals surface area (Å²) in [6.45, 7) is 4.62. The van der Waals surface area contributed by atoms with Gasteiger partial charge >= 0.3 is 217 Å². The first-order chi connectivity index (χ1) is 16.9. The fraction of sp³-hybridized carbons (Fsp3) is 0.129. The topological polar surface area (TPSA) is 37.3 Å². The quantitative estimate of drug-likeness (QED) is 0.236. The molecule has 0 fully saturated rings. The minimum atomic E-state index is -0.919. The van der Waals surface area contributed by atoms with Gasteiger partial charge in [-0.05, 0) is 0 Å². The van der Waals surface area contributed by atoms with Gasteiger partial charge in [0, 0.05) is 0 Å². The number of allylic oxidation sites excluding steroid dienone is 1. The van der Waals surface area contributed by atoms with Crippen molar-refractivity contribution >= 4 is 42.3 Å². The first-order valence-electron chi connectivity index (χ1n) is 11.4.